The fourth-order valence-corrected chi connectivity index (χ4v) is 2.59. The molecule has 116 valence electrons. The van der Waals surface area contributed by atoms with Crippen LogP contribution in [0.5, 0.6) is 0 Å². The topological polar surface area (TPSA) is 61.4 Å². The van der Waals surface area contributed by atoms with Gasteiger partial charge in [0.2, 0.25) is 5.91 Å². The second-order valence-corrected chi connectivity index (χ2v) is 5.25. The van der Waals surface area contributed by atoms with Crippen molar-refractivity contribution < 1.29 is 4.79 Å². The van der Waals surface area contributed by atoms with Gasteiger partial charge in [-0.05, 0) is 33.1 Å². The lowest BCUT2D eigenvalue weighted by Gasteiger charge is -2.29. The second kappa shape index (κ2) is 7.81. The molecule has 0 aliphatic carbocycles. The maximum Gasteiger partial charge on any atom is 0.239 e. The van der Waals surface area contributed by atoms with Crippen LogP contribution in [0.4, 0.5) is 11.6 Å². The molecule has 1 aromatic heterocycles. The molecule has 0 saturated carbocycles. The molecule has 1 aliphatic heterocycles. The Balaban J connectivity index is 2.08. The summed E-state index contributed by atoms with van der Waals surface area (Å²) in [6.07, 6.45) is 5.33. The SMILES string of the molecule is CCNC(=O)CN(CC)c1cc(N2CCCCC2)ncn1. The van der Waals surface area contributed by atoms with Gasteiger partial charge in [-0.25, -0.2) is 9.97 Å². The van der Waals surface area contributed by atoms with Crippen LogP contribution in [0.3, 0.4) is 0 Å². The van der Waals surface area contributed by atoms with E-state index in [1.165, 1.54) is 19.3 Å². The minimum absolute atomic E-state index is 0.0254. The quantitative estimate of drug-likeness (QED) is 0.859. The number of hydrogen-bond acceptors (Lipinski definition) is 5. The standard InChI is InChI=1S/C15H25N5O/c1-3-16-15(21)11-19(4-2)13-10-14(18-12-17-13)20-8-6-5-7-9-20/h10,12H,3-9,11H2,1-2H3,(H,16,21). The van der Waals surface area contributed by atoms with Crippen LogP contribution in [-0.4, -0.2) is 48.6 Å². The maximum atomic E-state index is 11.8. The summed E-state index contributed by atoms with van der Waals surface area (Å²) in [6.45, 7) is 7.79. The number of carbonyl (C=O) groups excluding carboxylic acids is 1. The highest BCUT2D eigenvalue weighted by Crippen LogP contribution is 2.20. The molecule has 6 heteroatoms. The lowest BCUT2D eigenvalue weighted by molar-refractivity contribution is -0.119. The Hall–Kier alpha value is -1.85. The van der Waals surface area contributed by atoms with Gasteiger partial charge in [-0.1, -0.05) is 0 Å². The van der Waals surface area contributed by atoms with E-state index < -0.39 is 0 Å². The van der Waals surface area contributed by atoms with E-state index in [0.717, 1.165) is 31.3 Å². The molecule has 0 radical (unpaired) electrons. The van der Waals surface area contributed by atoms with Crippen LogP contribution < -0.4 is 15.1 Å². The number of rotatable bonds is 6. The third kappa shape index (κ3) is 4.31. The average Bonchev–Trinajstić information content (AvgIpc) is 2.54. The van der Waals surface area contributed by atoms with Crippen LogP contribution in [0.2, 0.25) is 0 Å². The van der Waals surface area contributed by atoms with E-state index >= 15 is 0 Å². The molecule has 6 nitrogen and oxygen atoms in total. The molecule has 1 aromatic rings. The van der Waals surface area contributed by atoms with E-state index in [4.69, 9.17) is 0 Å². The molecule has 0 unspecified atom stereocenters. The third-order valence-electron chi connectivity index (χ3n) is 3.73. The molecular weight excluding hydrogens is 266 g/mol. The van der Waals surface area contributed by atoms with Crippen molar-refractivity contribution in [1.82, 2.24) is 15.3 Å². The number of hydrogen-bond donors (Lipinski definition) is 1. The number of anilines is 2. The van der Waals surface area contributed by atoms with Gasteiger partial charge in [-0.2, -0.15) is 0 Å². The summed E-state index contributed by atoms with van der Waals surface area (Å²) in [5.74, 6) is 1.81. The van der Waals surface area contributed by atoms with Gasteiger partial charge in [0.05, 0.1) is 6.54 Å². The Morgan fingerprint density at radius 2 is 2.05 bits per heavy atom. The van der Waals surface area contributed by atoms with E-state index in [2.05, 4.69) is 20.2 Å². The Morgan fingerprint density at radius 3 is 2.71 bits per heavy atom. The molecule has 2 rings (SSSR count). The fraction of sp³-hybridized carbons (Fsp3) is 0.667. The number of carbonyl (C=O) groups is 1. The fourth-order valence-electron chi connectivity index (χ4n) is 2.59. The van der Waals surface area contributed by atoms with Crippen molar-refractivity contribution in [3.05, 3.63) is 12.4 Å². The molecule has 0 aromatic carbocycles. The molecule has 1 saturated heterocycles. The molecule has 0 bridgehead atoms. The van der Waals surface area contributed by atoms with E-state index in [9.17, 15) is 4.79 Å². The van der Waals surface area contributed by atoms with Crippen molar-refractivity contribution in [2.75, 3.05) is 42.5 Å². The molecule has 0 atom stereocenters. The van der Waals surface area contributed by atoms with Gasteiger partial charge in [0.1, 0.15) is 18.0 Å². The molecule has 2 heterocycles. The summed E-state index contributed by atoms with van der Waals surface area (Å²) >= 11 is 0. The third-order valence-corrected chi connectivity index (χ3v) is 3.73. The van der Waals surface area contributed by atoms with E-state index in [0.29, 0.717) is 13.1 Å². The molecule has 1 aliphatic rings. The number of piperidine rings is 1. The molecule has 0 spiro atoms. The maximum absolute atomic E-state index is 11.8. The van der Waals surface area contributed by atoms with Gasteiger partial charge in [0.25, 0.3) is 0 Å². The van der Waals surface area contributed by atoms with Crippen molar-refractivity contribution in [1.29, 1.82) is 0 Å². The van der Waals surface area contributed by atoms with Crippen LogP contribution in [0.1, 0.15) is 33.1 Å². The summed E-state index contributed by atoms with van der Waals surface area (Å²) in [5, 5.41) is 2.82. The minimum atomic E-state index is 0.0254. The first kappa shape index (κ1) is 15.5. The van der Waals surface area contributed by atoms with Gasteiger partial charge in [0, 0.05) is 32.2 Å². The summed E-state index contributed by atoms with van der Waals surface area (Å²) in [5.41, 5.74) is 0. The highest BCUT2D eigenvalue weighted by atomic mass is 16.2. The lowest BCUT2D eigenvalue weighted by atomic mass is 10.1. The van der Waals surface area contributed by atoms with Crippen molar-refractivity contribution in [3.8, 4) is 0 Å². The van der Waals surface area contributed by atoms with Gasteiger partial charge >= 0.3 is 0 Å². The molecule has 1 N–H and O–H groups in total. The smallest absolute Gasteiger partial charge is 0.239 e. The second-order valence-electron chi connectivity index (χ2n) is 5.25. The number of aromatic nitrogens is 2. The Kier molecular flexibility index (Phi) is 5.78. The zero-order valence-corrected chi connectivity index (χ0v) is 13.0. The number of likely N-dealkylation sites (N-methyl/N-ethyl adjacent to an activating group) is 2. The van der Waals surface area contributed by atoms with Crippen LogP contribution in [0, 0.1) is 0 Å². The Labute approximate surface area is 126 Å². The largest absolute Gasteiger partial charge is 0.356 e. The van der Waals surface area contributed by atoms with Crippen molar-refractivity contribution in [3.63, 3.8) is 0 Å². The summed E-state index contributed by atoms with van der Waals surface area (Å²) < 4.78 is 0. The van der Waals surface area contributed by atoms with Crippen molar-refractivity contribution in [2.45, 2.75) is 33.1 Å². The van der Waals surface area contributed by atoms with Crippen LogP contribution >= 0.6 is 0 Å². The predicted molar refractivity (Wildman–Crippen MR) is 84.7 cm³/mol. The van der Waals surface area contributed by atoms with E-state index in [-0.39, 0.29) is 5.91 Å². The normalized spacial score (nSPS) is 14.9. The molecular formula is C15H25N5O. The molecule has 1 fully saturated rings. The predicted octanol–water partition coefficient (Wildman–Crippen LogP) is 1.43. The minimum Gasteiger partial charge on any atom is -0.356 e. The summed E-state index contributed by atoms with van der Waals surface area (Å²) in [7, 11) is 0. The van der Waals surface area contributed by atoms with Crippen molar-refractivity contribution >= 4 is 17.5 Å². The van der Waals surface area contributed by atoms with Gasteiger partial charge in [0.15, 0.2) is 0 Å². The average molecular weight is 291 g/mol. The van der Waals surface area contributed by atoms with Gasteiger partial charge in [-0.15, -0.1) is 0 Å². The molecule has 1 amide bonds. The van der Waals surface area contributed by atoms with Crippen LogP contribution in [0.25, 0.3) is 0 Å². The summed E-state index contributed by atoms with van der Waals surface area (Å²) in [4.78, 5) is 24.7. The number of nitrogens with one attached hydrogen (secondary N) is 1. The van der Waals surface area contributed by atoms with E-state index in [1.54, 1.807) is 6.33 Å². The number of nitrogens with zero attached hydrogens (tertiary/aromatic N) is 4. The van der Waals surface area contributed by atoms with E-state index in [1.807, 2.05) is 24.8 Å². The first-order valence-corrected chi connectivity index (χ1v) is 7.83. The zero-order valence-electron chi connectivity index (χ0n) is 13.0. The number of amides is 1. The van der Waals surface area contributed by atoms with Gasteiger partial charge in [-0.3, -0.25) is 4.79 Å². The monoisotopic (exact) mass is 291 g/mol. The van der Waals surface area contributed by atoms with Crippen LogP contribution in [-0.2, 0) is 4.79 Å². The van der Waals surface area contributed by atoms with Crippen molar-refractivity contribution in [2.24, 2.45) is 0 Å². The lowest BCUT2D eigenvalue weighted by Crippen LogP contribution is -2.37. The first-order chi connectivity index (χ1) is 10.2. The van der Waals surface area contributed by atoms with Crippen LogP contribution in [0.15, 0.2) is 12.4 Å². The first-order valence-electron chi connectivity index (χ1n) is 7.83. The molecule has 21 heavy (non-hydrogen) atoms. The highest BCUT2D eigenvalue weighted by Gasteiger charge is 2.15. The highest BCUT2D eigenvalue weighted by molar-refractivity contribution is 5.81. The van der Waals surface area contributed by atoms with Gasteiger partial charge < -0.3 is 15.1 Å². The Bertz CT molecular complexity index is 459. The Morgan fingerprint density at radius 1 is 1.29 bits per heavy atom. The summed E-state index contributed by atoms with van der Waals surface area (Å²) in [6, 6.07) is 1.99. The zero-order chi connectivity index (χ0) is 15.1.